The molecular weight excluding hydrogens is 396 g/mol. The van der Waals surface area contributed by atoms with Crippen LogP contribution in [-0.4, -0.2) is 27.6 Å². The number of rotatable bonds is 5. The van der Waals surface area contributed by atoms with Crippen LogP contribution in [0.1, 0.15) is 21.1 Å². The van der Waals surface area contributed by atoms with Gasteiger partial charge in [-0.2, -0.15) is 0 Å². The number of ether oxygens (including phenoxy) is 1. The Hall–Kier alpha value is -2.90. The van der Waals surface area contributed by atoms with Crippen molar-refractivity contribution in [2.24, 2.45) is 0 Å². The van der Waals surface area contributed by atoms with Crippen molar-refractivity contribution < 1.29 is 9.53 Å². The molecule has 4 rings (SSSR count). The van der Waals surface area contributed by atoms with Crippen molar-refractivity contribution in [3.05, 3.63) is 69.3 Å². The summed E-state index contributed by atoms with van der Waals surface area (Å²) >= 11 is 8.14. The number of halogens is 1. The first-order chi connectivity index (χ1) is 13.6. The minimum absolute atomic E-state index is 0.246. The van der Waals surface area contributed by atoms with Crippen LogP contribution >= 0.6 is 22.9 Å². The zero-order valence-electron chi connectivity index (χ0n) is 15.3. The van der Waals surface area contributed by atoms with E-state index in [-0.39, 0.29) is 5.91 Å². The maximum Gasteiger partial charge on any atom is 0.255 e. The highest BCUT2D eigenvalue weighted by atomic mass is 35.5. The van der Waals surface area contributed by atoms with E-state index in [1.807, 2.05) is 41.1 Å². The van der Waals surface area contributed by atoms with Gasteiger partial charge in [-0.25, -0.2) is 9.97 Å². The molecule has 4 aromatic rings. The maximum atomic E-state index is 12.7. The Balaban J connectivity index is 1.73. The Morgan fingerprint density at radius 1 is 1.32 bits per heavy atom. The molecule has 0 saturated heterocycles. The van der Waals surface area contributed by atoms with Gasteiger partial charge in [0.15, 0.2) is 5.65 Å². The second-order valence-electron chi connectivity index (χ2n) is 6.11. The molecule has 0 aliphatic rings. The highest BCUT2D eigenvalue weighted by molar-refractivity contribution is 7.09. The second kappa shape index (κ2) is 7.61. The van der Waals surface area contributed by atoms with E-state index < -0.39 is 0 Å². The molecule has 0 atom stereocenters. The number of benzene rings is 1. The molecule has 28 heavy (non-hydrogen) atoms. The van der Waals surface area contributed by atoms with Crippen molar-refractivity contribution in [1.82, 2.24) is 19.9 Å². The summed E-state index contributed by atoms with van der Waals surface area (Å²) in [4.78, 5) is 22.7. The van der Waals surface area contributed by atoms with E-state index >= 15 is 0 Å². The van der Waals surface area contributed by atoms with Gasteiger partial charge in [-0.15, -0.1) is 11.3 Å². The van der Waals surface area contributed by atoms with Gasteiger partial charge in [0.1, 0.15) is 17.1 Å². The van der Waals surface area contributed by atoms with Gasteiger partial charge in [0.25, 0.3) is 5.91 Å². The van der Waals surface area contributed by atoms with Gasteiger partial charge in [0, 0.05) is 17.1 Å². The molecule has 0 spiro atoms. The predicted octanol–water partition coefficient (Wildman–Crippen LogP) is 4.38. The molecule has 0 aliphatic heterocycles. The Bertz CT molecular complexity index is 1150. The third-order valence-corrected chi connectivity index (χ3v) is 5.52. The molecule has 3 heterocycles. The maximum absolute atomic E-state index is 12.7. The van der Waals surface area contributed by atoms with Crippen LogP contribution in [0.4, 0.5) is 0 Å². The smallest absolute Gasteiger partial charge is 0.255 e. The van der Waals surface area contributed by atoms with E-state index in [0.717, 1.165) is 16.2 Å². The lowest BCUT2D eigenvalue weighted by atomic mass is 10.1. The summed E-state index contributed by atoms with van der Waals surface area (Å²) in [6, 6.07) is 11.0. The monoisotopic (exact) mass is 412 g/mol. The molecular formula is C20H17ClN4O2S. The summed E-state index contributed by atoms with van der Waals surface area (Å²) in [5.41, 5.74) is 2.50. The van der Waals surface area contributed by atoms with Crippen LogP contribution in [0.2, 0.25) is 5.02 Å². The fourth-order valence-electron chi connectivity index (χ4n) is 3.05. The first kappa shape index (κ1) is 18.5. The summed E-state index contributed by atoms with van der Waals surface area (Å²) in [5.74, 6) is 0.928. The molecule has 8 heteroatoms. The van der Waals surface area contributed by atoms with E-state index in [2.05, 4.69) is 15.3 Å². The minimum Gasteiger partial charge on any atom is -0.496 e. The van der Waals surface area contributed by atoms with Crippen LogP contribution < -0.4 is 10.1 Å². The number of carbonyl (C=O) groups is 1. The van der Waals surface area contributed by atoms with Gasteiger partial charge in [0.05, 0.1) is 29.9 Å². The van der Waals surface area contributed by atoms with E-state index in [4.69, 9.17) is 16.3 Å². The standard InChI is InChI=1S/C20H17ClN4O2S/c1-12-24-16-6-3-7-22-19(16)25(12)17-10-18(27-2)14(9-15(17)21)20(26)23-11-13-5-4-8-28-13/h3-10H,11H2,1-2H3,(H,23,26). The normalized spacial score (nSPS) is 11.0. The third-order valence-electron chi connectivity index (χ3n) is 4.34. The number of aromatic nitrogens is 3. The molecule has 0 unspecified atom stereocenters. The largest absolute Gasteiger partial charge is 0.496 e. The minimum atomic E-state index is -0.246. The molecule has 142 valence electrons. The number of nitrogens with one attached hydrogen (secondary N) is 1. The highest BCUT2D eigenvalue weighted by Gasteiger charge is 2.19. The van der Waals surface area contributed by atoms with Gasteiger partial charge in [-0.1, -0.05) is 17.7 Å². The Morgan fingerprint density at radius 2 is 2.18 bits per heavy atom. The lowest BCUT2D eigenvalue weighted by Gasteiger charge is -2.14. The number of carbonyl (C=O) groups excluding carboxylic acids is 1. The van der Waals surface area contributed by atoms with E-state index in [9.17, 15) is 4.79 Å². The van der Waals surface area contributed by atoms with Crippen LogP contribution in [0, 0.1) is 6.92 Å². The van der Waals surface area contributed by atoms with Crippen molar-refractivity contribution >= 4 is 40.0 Å². The summed E-state index contributed by atoms with van der Waals surface area (Å²) in [7, 11) is 1.53. The second-order valence-corrected chi connectivity index (χ2v) is 7.55. The SMILES string of the molecule is COc1cc(-n2c(C)nc3cccnc32)c(Cl)cc1C(=O)NCc1cccs1. The highest BCUT2D eigenvalue weighted by Crippen LogP contribution is 2.32. The Morgan fingerprint density at radius 3 is 2.93 bits per heavy atom. The Kier molecular flexibility index (Phi) is 5.02. The molecule has 0 fully saturated rings. The van der Waals surface area contributed by atoms with Crippen LogP contribution in [-0.2, 0) is 6.54 Å². The van der Waals surface area contributed by atoms with E-state index in [0.29, 0.717) is 34.2 Å². The lowest BCUT2D eigenvalue weighted by molar-refractivity contribution is 0.0948. The van der Waals surface area contributed by atoms with Crippen LogP contribution in [0.5, 0.6) is 5.75 Å². The van der Waals surface area contributed by atoms with Crippen molar-refractivity contribution in [3.63, 3.8) is 0 Å². The Labute approximate surface area is 170 Å². The fraction of sp³-hybridized carbons (Fsp3) is 0.150. The number of hydrogen-bond donors (Lipinski definition) is 1. The fourth-order valence-corrected chi connectivity index (χ4v) is 3.94. The number of aryl methyl sites for hydroxylation is 1. The number of hydrogen-bond acceptors (Lipinski definition) is 5. The van der Waals surface area contributed by atoms with Gasteiger partial charge in [0.2, 0.25) is 0 Å². The van der Waals surface area contributed by atoms with Gasteiger partial charge < -0.3 is 10.1 Å². The van der Waals surface area contributed by atoms with Crippen LogP contribution in [0.3, 0.4) is 0 Å². The number of thiophene rings is 1. The van der Waals surface area contributed by atoms with E-state index in [1.54, 1.807) is 29.7 Å². The van der Waals surface area contributed by atoms with E-state index in [1.165, 1.54) is 7.11 Å². The molecule has 1 aromatic carbocycles. The first-order valence-corrected chi connectivity index (χ1v) is 9.83. The molecule has 0 aliphatic carbocycles. The zero-order chi connectivity index (χ0) is 19.7. The summed E-state index contributed by atoms with van der Waals surface area (Å²) in [6.07, 6.45) is 1.71. The number of imidazole rings is 1. The summed E-state index contributed by atoms with van der Waals surface area (Å²) in [6.45, 7) is 2.33. The first-order valence-electron chi connectivity index (χ1n) is 8.57. The van der Waals surface area contributed by atoms with Crippen molar-refractivity contribution in [2.45, 2.75) is 13.5 Å². The zero-order valence-corrected chi connectivity index (χ0v) is 16.8. The van der Waals surface area contributed by atoms with Crippen LogP contribution in [0.25, 0.3) is 16.9 Å². The van der Waals surface area contributed by atoms with Crippen molar-refractivity contribution in [3.8, 4) is 11.4 Å². The number of fused-ring (bicyclic) bond motifs is 1. The molecule has 1 N–H and O–H groups in total. The number of methoxy groups -OCH3 is 1. The molecule has 0 saturated carbocycles. The van der Waals surface area contributed by atoms with Crippen molar-refractivity contribution in [2.75, 3.05) is 7.11 Å². The van der Waals surface area contributed by atoms with Gasteiger partial charge in [-0.3, -0.25) is 9.36 Å². The molecule has 6 nitrogen and oxygen atoms in total. The number of nitrogens with zero attached hydrogens (tertiary/aromatic N) is 3. The molecule has 0 radical (unpaired) electrons. The van der Waals surface area contributed by atoms with Gasteiger partial charge >= 0.3 is 0 Å². The van der Waals surface area contributed by atoms with Gasteiger partial charge in [-0.05, 0) is 36.6 Å². The summed E-state index contributed by atoms with van der Waals surface area (Å²) in [5, 5.41) is 5.28. The summed E-state index contributed by atoms with van der Waals surface area (Å²) < 4.78 is 7.33. The molecule has 0 bridgehead atoms. The third kappa shape index (κ3) is 3.34. The lowest BCUT2D eigenvalue weighted by Crippen LogP contribution is -2.23. The van der Waals surface area contributed by atoms with Crippen LogP contribution in [0.15, 0.2) is 48.0 Å². The number of pyridine rings is 1. The molecule has 1 amide bonds. The quantitative estimate of drug-likeness (QED) is 0.528. The molecule has 3 aromatic heterocycles. The average molecular weight is 413 g/mol. The average Bonchev–Trinajstić information content (AvgIpc) is 3.33. The predicted molar refractivity (Wildman–Crippen MR) is 111 cm³/mol. The number of amides is 1. The topological polar surface area (TPSA) is 69.0 Å². The van der Waals surface area contributed by atoms with Crippen molar-refractivity contribution in [1.29, 1.82) is 0 Å².